The maximum Gasteiger partial charge on any atom is 0.0700 e. The normalized spacial score (nSPS) is 12.6. The molecule has 0 bridgehead atoms. The van der Waals surface area contributed by atoms with Gasteiger partial charge >= 0.3 is 0 Å². The summed E-state index contributed by atoms with van der Waals surface area (Å²) in [5.41, 5.74) is 1.23. The largest absolute Gasteiger partial charge is 0.382 e. The second kappa shape index (κ2) is 8.48. The lowest BCUT2D eigenvalue weighted by Gasteiger charge is -2.14. The summed E-state index contributed by atoms with van der Waals surface area (Å²) in [5, 5.41) is 4.15. The molecule has 0 aromatic heterocycles. The fourth-order valence-corrected chi connectivity index (χ4v) is 1.59. The van der Waals surface area contributed by atoms with Crippen LogP contribution in [0.15, 0.2) is 24.3 Å². The highest BCUT2D eigenvalue weighted by Gasteiger charge is 2.03. The van der Waals surface area contributed by atoms with Crippen LogP contribution in [0.1, 0.15) is 18.5 Å². The molecule has 0 saturated heterocycles. The molecule has 1 atom stereocenters. The Morgan fingerprint density at radius 2 is 1.88 bits per heavy atom. The zero-order chi connectivity index (χ0) is 12.5. The van der Waals surface area contributed by atoms with E-state index in [1.165, 1.54) is 5.56 Å². The minimum absolute atomic E-state index is 0.304. The van der Waals surface area contributed by atoms with Crippen LogP contribution in [0.5, 0.6) is 0 Å². The molecule has 0 amide bonds. The fourth-order valence-electron chi connectivity index (χ4n) is 1.46. The van der Waals surface area contributed by atoms with Crippen molar-refractivity contribution < 1.29 is 9.47 Å². The third-order valence-corrected chi connectivity index (χ3v) is 2.75. The SMILES string of the molecule is COCCOCCN[C@@H](C)c1ccc(Cl)cc1. The summed E-state index contributed by atoms with van der Waals surface area (Å²) in [6.07, 6.45) is 0. The van der Waals surface area contributed by atoms with Crippen molar-refractivity contribution in [3.8, 4) is 0 Å². The van der Waals surface area contributed by atoms with Gasteiger partial charge in [-0.05, 0) is 24.6 Å². The zero-order valence-electron chi connectivity index (χ0n) is 10.4. The van der Waals surface area contributed by atoms with Gasteiger partial charge < -0.3 is 14.8 Å². The first kappa shape index (κ1) is 14.5. The molecule has 1 N–H and O–H groups in total. The molecule has 0 aliphatic rings. The van der Waals surface area contributed by atoms with Gasteiger partial charge in [0.05, 0.1) is 19.8 Å². The standard InChI is InChI=1S/C13H20ClNO2/c1-11(12-3-5-13(14)6-4-12)15-7-8-17-10-9-16-2/h3-6,11,15H,7-10H2,1-2H3/t11-/m0/s1. The van der Waals surface area contributed by atoms with E-state index < -0.39 is 0 Å². The molecule has 3 nitrogen and oxygen atoms in total. The molecule has 1 aromatic carbocycles. The highest BCUT2D eigenvalue weighted by Crippen LogP contribution is 2.15. The predicted molar refractivity (Wildman–Crippen MR) is 70.6 cm³/mol. The number of ether oxygens (including phenoxy) is 2. The van der Waals surface area contributed by atoms with E-state index in [2.05, 4.69) is 12.2 Å². The lowest BCUT2D eigenvalue weighted by molar-refractivity contribution is 0.0712. The minimum Gasteiger partial charge on any atom is -0.382 e. The number of methoxy groups -OCH3 is 1. The van der Waals surface area contributed by atoms with Crippen molar-refractivity contribution in [1.82, 2.24) is 5.32 Å². The second-order valence-corrected chi connectivity index (χ2v) is 4.27. The van der Waals surface area contributed by atoms with Crippen LogP contribution in [-0.4, -0.2) is 33.5 Å². The van der Waals surface area contributed by atoms with Crippen LogP contribution in [-0.2, 0) is 9.47 Å². The van der Waals surface area contributed by atoms with E-state index in [-0.39, 0.29) is 0 Å². The van der Waals surface area contributed by atoms with Crippen molar-refractivity contribution in [2.24, 2.45) is 0 Å². The Labute approximate surface area is 108 Å². The number of hydrogen-bond donors (Lipinski definition) is 1. The van der Waals surface area contributed by atoms with E-state index in [0.29, 0.717) is 25.9 Å². The number of benzene rings is 1. The number of halogens is 1. The average Bonchev–Trinajstić information content (AvgIpc) is 2.34. The van der Waals surface area contributed by atoms with Crippen LogP contribution in [0.2, 0.25) is 5.02 Å². The first-order valence-electron chi connectivity index (χ1n) is 5.79. The summed E-state index contributed by atoms with van der Waals surface area (Å²) in [4.78, 5) is 0. The summed E-state index contributed by atoms with van der Waals surface area (Å²) < 4.78 is 10.3. The Balaban J connectivity index is 2.16. The molecule has 0 aliphatic heterocycles. The molecule has 0 radical (unpaired) electrons. The highest BCUT2D eigenvalue weighted by molar-refractivity contribution is 6.30. The van der Waals surface area contributed by atoms with Gasteiger partial charge in [-0.25, -0.2) is 0 Å². The molecule has 17 heavy (non-hydrogen) atoms. The predicted octanol–water partition coefficient (Wildman–Crippen LogP) is 2.65. The summed E-state index contributed by atoms with van der Waals surface area (Å²) >= 11 is 5.84. The van der Waals surface area contributed by atoms with Gasteiger partial charge in [0, 0.05) is 24.7 Å². The fraction of sp³-hybridized carbons (Fsp3) is 0.538. The maximum atomic E-state index is 5.84. The van der Waals surface area contributed by atoms with Gasteiger partial charge in [0.2, 0.25) is 0 Å². The van der Waals surface area contributed by atoms with Gasteiger partial charge in [-0.2, -0.15) is 0 Å². The molecule has 0 heterocycles. The lowest BCUT2D eigenvalue weighted by atomic mass is 10.1. The summed E-state index contributed by atoms with van der Waals surface area (Å²) in [6, 6.07) is 8.18. The van der Waals surface area contributed by atoms with Crippen LogP contribution in [0.25, 0.3) is 0 Å². The zero-order valence-corrected chi connectivity index (χ0v) is 11.2. The van der Waals surface area contributed by atoms with E-state index in [1.807, 2.05) is 24.3 Å². The maximum absolute atomic E-state index is 5.84. The first-order chi connectivity index (χ1) is 8.24. The summed E-state index contributed by atoms with van der Waals surface area (Å²) in [6.45, 7) is 4.94. The molecule has 0 spiro atoms. The highest BCUT2D eigenvalue weighted by atomic mass is 35.5. The number of nitrogens with one attached hydrogen (secondary N) is 1. The van der Waals surface area contributed by atoms with E-state index in [1.54, 1.807) is 7.11 Å². The summed E-state index contributed by atoms with van der Waals surface area (Å²) in [5.74, 6) is 0. The first-order valence-corrected chi connectivity index (χ1v) is 6.17. The van der Waals surface area contributed by atoms with Crippen LogP contribution in [0.3, 0.4) is 0 Å². The Hall–Kier alpha value is -0.610. The lowest BCUT2D eigenvalue weighted by Crippen LogP contribution is -2.23. The van der Waals surface area contributed by atoms with E-state index >= 15 is 0 Å². The molecule has 4 heteroatoms. The monoisotopic (exact) mass is 257 g/mol. The van der Waals surface area contributed by atoms with Gasteiger partial charge in [0.1, 0.15) is 0 Å². The van der Waals surface area contributed by atoms with Crippen LogP contribution < -0.4 is 5.32 Å². The van der Waals surface area contributed by atoms with Crippen LogP contribution in [0.4, 0.5) is 0 Å². The Morgan fingerprint density at radius 1 is 1.18 bits per heavy atom. The average molecular weight is 258 g/mol. The van der Waals surface area contributed by atoms with Crippen molar-refractivity contribution in [2.45, 2.75) is 13.0 Å². The third kappa shape index (κ3) is 6.03. The molecule has 0 aliphatic carbocycles. The van der Waals surface area contributed by atoms with E-state index in [0.717, 1.165) is 11.6 Å². The van der Waals surface area contributed by atoms with Gasteiger partial charge in [0.25, 0.3) is 0 Å². The number of hydrogen-bond acceptors (Lipinski definition) is 3. The van der Waals surface area contributed by atoms with Crippen molar-refractivity contribution in [2.75, 3.05) is 33.5 Å². The van der Waals surface area contributed by atoms with Crippen molar-refractivity contribution >= 4 is 11.6 Å². The van der Waals surface area contributed by atoms with Crippen molar-refractivity contribution in [3.05, 3.63) is 34.9 Å². The smallest absolute Gasteiger partial charge is 0.0700 e. The third-order valence-electron chi connectivity index (χ3n) is 2.50. The van der Waals surface area contributed by atoms with Gasteiger partial charge in [0.15, 0.2) is 0 Å². The Kier molecular flexibility index (Phi) is 7.21. The molecule has 0 unspecified atom stereocenters. The molecule has 96 valence electrons. The molecular weight excluding hydrogens is 238 g/mol. The summed E-state index contributed by atoms with van der Waals surface area (Å²) in [7, 11) is 1.67. The Morgan fingerprint density at radius 3 is 2.53 bits per heavy atom. The Bertz CT molecular complexity index is 303. The van der Waals surface area contributed by atoms with Crippen LogP contribution >= 0.6 is 11.6 Å². The topological polar surface area (TPSA) is 30.5 Å². The van der Waals surface area contributed by atoms with Gasteiger partial charge in [-0.15, -0.1) is 0 Å². The molecular formula is C13H20ClNO2. The quantitative estimate of drug-likeness (QED) is 0.727. The van der Waals surface area contributed by atoms with Gasteiger partial charge in [-0.1, -0.05) is 23.7 Å². The number of rotatable bonds is 8. The minimum atomic E-state index is 0.304. The van der Waals surface area contributed by atoms with Crippen molar-refractivity contribution in [3.63, 3.8) is 0 Å². The van der Waals surface area contributed by atoms with Crippen LogP contribution in [0, 0.1) is 0 Å². The molecule has 0 saturated carbocycles. The van der Waals surface area contributed by atoms with E-state index in [9.17, 15) is 0 Å². The molecule has 1 rings (SSSR count). The molecule has 0 fully saturated rings. The second-order valence-electron chi connectivity index (χ2n) is 3.83. The molecule has 1 aromatic rings. The van der Waals surface area contributed by atoms with Crippen molar-refractivity contribution in [1.29, 1.82) is 0 Å². The van der Waals surface area contributed by atoms with Gasteiger partial charge in [-0.3, -0.25) is 0 Å². The van der Waals surface area contributed by atoms with E-state index in [4.69, 9.17) is 21.1 Å².